The molecule has 1 saturated heterocycles. The van der Waals surface area contributed by atoms with Gasteiger partial charge in [0.05, 0.1) is 43.2 Å². The highest BCUT2D eigenvalue weighted by atomic mass is 32.2. The fourth-order valence-electron chi connectivity index (χ4n) is 4.46. The van der Waals surface area contributed by atoms with E-state index in [1.807, 2.05) is 24.3 Å². The lowest BCUT2D eigenvalue weighted by molar-refractivity contribution is -0.122. The van der Waals surface area contributed by atoms with Gasteiger partial charge in [0.15, 0.2) is 0 Å². The van der Waals surface area contributed by atoms with Crippen molar-refractivity contribution in [2.75, 3.05) is 40.0 Å². The van der Waals surface area contributed by atoms with Crippen molar-refractivity contribution in [3.63, 3.8) is 0 Å². The van der Waals surface area contributed by atoms with Crippen LogP contribution >= 0.6 is 0 Å². The number of rotatable bonds is 6. The average Bonchev–Trinajstić information content (AvgIpc) is 3.32. The number of aromatic nitrogens is 1. The van der Waals surface area contributed by atoms with E-state index >= 15 is 0 Å². The summed E-state index contributed by atoms with van der Waals surface area (Å²) in [5.74, 6) is -0.143. The van der Waals surface area contributed by atoms with Crippen LogP contribution in [0.15, 0.2) is 52.5 Å². The number of benzene rings is 2. The molecule has 1 atom stereocenters. The number of aliphatic hydroxyl groups is 1. The third kappa shape index (κ3) is 4.43. The van der Waals surface area contributed by atoms with Gasteiger partial charge in [-0.3, -0.25) is 4.79 Å². The molecule has 0 saturated carbocycles. The second-order valence-corrected chi connectivity index (χ2v) is 10.4. The minimum atomic E-state index is -3.65. The van der Waals surface area contributed by atoms with Crippen molar-refractivity contribution in [1.29, 1.82) is 0 Å². The zero-order valence-electron chi connectivity index (χ0n) is 19.2. The molecule has 0 spiro atoms. The molecule has 0 bridgehead atoms. The van der Waals surface area contributed by atoms with Crippen LogP contribution in [0.1, 0.15) is 12.0 Å². The number of morpholine rings is 1. The highest BCUT2D eigenvalue weighted by molar-refractivity contribution is 7.89. The molecule has 1 unspecified atom stereocenters. The maximum Gasteiger partial charge on any atom is 0.243 e. The molecule has 0 aliphatic carbocycles. The molecule has 2 aromatic carbocycles. The number of fused-ring (bicyclic) bond motifs is 1. The summed E-state index contributed by atoms with van der Waals surface area (Å²) in [5, 5.41) is 14.8. The second kappa shape index (κ2) is 9.42. The van der Waals surface area contributed by atoms with E-state index in [1.54, 1.807) is 18.2 Å². The highest BCUT2D eigenvalue weighted by Gasteiger charge is 2.28. The topological polar surface area (TPSA) is 133 Å². The van der Waals surface area contributed by atoms with Gasteiger partial charge < -0.3 is 19.6 Å². The number of sulfonamides is 1. The normalized spacial score (nSPS) is 19.4. The van der Waals surface area contributed by atoms with Crippen LogP contribution in [-0.2, 0) is 19.6 Å². The molecular weight excluding hydrogens is 472 g/mol. The van der Waals surface area contributed by atoms with Crippen molar-refractivity contribution in [1.82, 2.24) is 14.7 Å². The molecule has 1 amide bonds. The van der Waals surface area contributed by atoms with E-state index in [4.69, 9.17) is 9.47 Å². The van der Waals surface area contributed by atoms with Crippen LogP contribution in [0.4, 0.5) is 0 Å². The predicted octanol–water partition coefficient (Wildman–Crippen LogP) is 1.70. The standard InChI is InChI=1S/C24H26N4O6S/c1-33-22-13-18(35(31,32)28-6-8-34-9-7-28)3-4-19(22)21-11-16-10-15(2-5-20(16)25-21)24-17(14-29)12-23(30)26-27-24/h2-5,10-11,13,17,25,29H,6-9,12,14H2,1H3,(H,26,30). The first kappa shape index (κ1) is 23.5. The lowest BCUT2D eigenvalue weighted by atomic mass is 9.92. The summed E-state index contributed by atoms with van der Waals surface area (Å²) in [7, 11) is -2.14. The SMILES string of the molecule is COc1cc(S(=O)(=O)N2CCOCC2)ccc1-c1cc2cc(C3=NNC(=O)CC3CO)ccc2[nH]1. The van der Waals surface area contributed by atoms with E-state index < -0.39 is 10.0 Å². The van der Waals surface area contributed by atoms with Gasteiger partial charge in [0.25, 0.3) is 0 Å². The zero-order chi connectivity index (χ0) is 24.6. The first-order chi connectivity index (χ1) is 16.9. The molecule has 35 heavy (non-hydrogen) atoms. The van der Waals surface area contributed by atoms with Crippen LogP contribution < -0.4 is 10.2 Å². The van der Waals surface area contributed by atoms with Crippen LogP contribution in [0.3, 0.4) is 0 Å². The molecule has 184 valence electrons. The quantitative estimate of drug-likeness (QED) is 0.474. The van der Waals surface area contributed by atoms with Gasteiger partial charge in [0, 0.05) is 48.0 Å². The van der Waals surface area contributed by atoms with E-state index in [-0.39, 0.29) is 29.7 Å². The lowest BCUT2D eigenvalue weighted by Crippen LogP contribution is -2.40. The Morgan fingerprint density at radius 2 is 1.97 bits per heavy atom. The Bertz CT molecular complexity index is 1410. The van der Waals surface area contributed by atoms with Gasteiger partial charge in [-0.1, -0.05) is 6.07 Å². The van der Waals surface area contributed by atoms with Crippen molar-refractivity contribution in [2.45, 2.75) is 11.3 Å². The Kier molecular flexibility index (Phi) is 6.32. The number of amides is 1. The Morgan fingerprint density at radius 1 is 1.17 bits per heavy atom. The third-order valence-electron chi connectivity index (χ3n) is 6.33. The van der Waals surface area contributed by atoms with Crippen LogP contribution in [0.25, 0.3) is 22.2 Å². The first-order valence-corrected chi connectivity index (χ1v) is 12.7. The van der Waals surface area contributed by atoms with E-state index in [2.05, 4.69) is 15.5 Å². The number of H-pyrrole nitrogens is 1. The number of carbonyl (C=O) groups excluding carboxylic acids is 1. The Labute approximate surface area is 202 Å². The van der Waals surface area contributed by atoms with Crippen LogP contribution in [-0.4, -0.2) is 74.5 Å². The fraction of sp³-hybridized carbons (Fsp3) is 0.333. The Balaban J connectivity index is 1.49. The number of ether oxygens (including phenoxy) is 2. The van der Waals surface area contributed by atoms with E-state index in [1.165, 1.54) is 11.4 Å². The molecule has 3 aromatic rings. The van der Waals surface area contributed by atoms with Crippen LogP contribution in [0.5, 0.6) is 5.75 Å². The largest absolute Gasteiger partial charge is 0.496 e. The van der Waals surface area contributed by atoms with E-state index in [9.17, 15) is 18.3 Å². The number of carbonyl (C=O) groups is 1. The maximum absolute atomic E-state index is 13.1. The van der Waals surface area contributed by atoms with E-state index in [0.29, 0.717) is 37.8 Å². The van der Waals surface area contributed by atoms with Gasteiger partial charge in [0.1, 0.15) is 5.75 Å². The van der Waals surface area contributed by atoms with Gasteiger partial charge >= 0.3 is 0 Å². The van der Waals surface area contributed by atoms with Crippen molar-refractivity contribution in [3.05, 3.63) is 48.0 Å². The number of hydrogen-bond acceptors (Lipinski definition) is 7. The van der Waals surface area contributed by atoms with Gasteiger partial charge in [-0.25, -0.2) is 13.8 Å². The van der Waals surface area contributed by atoms with Crippen molar-refractivity contribution < 1.29 is 27.8 Å². The monoisotopic (exact) mass is 498 g/mol. The number of hydrazone groups is 1. The van der Waals surface area contributed by atoms with Crippen LogP contribution in [0, 0.1) is 5.92 Å². The van der Waals surface area contributed by atoms with Gasteiger partial charge in [0.2, 0.25) is 15.9 Å². The fourth-order valence-corrected chi connectivity index (χ4v) is 5.88. The van der Waals surface area contributed by atoms with Gasteiger partial charge in [-0.2, -0.15) is 9.41 Å². The summed E-state index contributed by atoms with van der Waals surface area (Å²) in [5.41, 5.74) is 6.28. The minimum Gasteiger partial charge on any atom is -0.496 e. The predicted molar refractivity (Wildman–Crippen MR) is 130 cm³/mol. The average molecular weight is 499 g/mol. The number of hydrogen-bond donors (Lipinski definition) is 3. The molecule has 2 aliphatic rings. The summed E-state index contributed by atoms with van der Waals surface area (Å²) in [6, 6.07) is 12.6. The molecule has 0 radical (unpaired) electrons. The first-order valence-electron chi connectivity index (χ1n) is 11.3. The van der Waals surface area contributed by atoms with Crippen molar-refractivity contribution in [2.24, 2.45) is 11.0 Å². The molecule has 11 heteroatoms. The smallest absolute Gasteiger partial charge is 0.243 e. The lowest BCUT2D eigenvalue weighted by Gasteiger charge is -2.26. The number of aliphatic hydroxyl groups excluding tert-OH is 1. The van der Waals surface area contributed by atoms with E-state index in [0.717, 1.165) is 27.7 Å². The van der Waals surface area contributed by atoms with Crippen LogP contribution in [0.2, 0.25) is 0 Å². The van der Waals surface area contributed by atoms with Gasteiger partial charge in [-0.05, 0) is 35.9 Å². The number of aromatic amines is 1. The molecule has 3 heterocycles. The Morgan fingerprint density at radius 3 is 2.71 bits per heavy atom. The third-order valence-corrected chi connectivity index (χ3v) is 8.22. The molecule has 2 aliphatic heterocycles. The van der Waals surface area contributed by atoms with Crippen molar-refractivity contribution >= 4 is 32.5 Å². The summed E-state index contributed by atoms with van der Waals surface area (Å²) in [6.45, 7) is 1.23. The highest BCUT2D eigenvalue weighted by Crippen LogP contribution is 2.35. The summed E-state index contributed by atoms with van der Waals surface area (Å²) < 4.78 is 38.4. The number of nitrogens with one attached hydrogen (secondary N) is 2. The zero-order valence-corrected chi connectivity index (χ0v) is 20.0. The summed E-state index contributed by atoms with van der Waals surface area (Å²) in [6.07, 6.45) is 0.183. The maximum atomic E-state index is 13.1. The number of methoxy groups -OCH3 is 1. The molecule has 1 fully saturated rings. The molecular formula is C24H26N4O6S. The van der Waals surface area contributed by atoms with Crippen molar-refractivity contribution in [3.8, 4) is 17.0 Å². The molecule has 10 nitrogen and oxygen atoms in total. The van der Waals surface area contributed by atoms with Gasteiger partial charge in [-0.15, -0.1) is 0 Å². The Hall–Kier alpha value is -3.25. The minimum absolute atomic E-state index is 0.167. The number of nitrogens with zero attached hydrogens (tertiary/aromatic N) is 2. The summed E-state index contributed by atoms with van der Waals surface area (Å²) >= 11 is 0. The molecule has 3 N–H and O–H groups in total. The second-order valence-electron chi connectivity index (χ2n) is 8.48. The summed E-state index contributed by atoms with van der Waals surface area (Å²) in [4.78, 5) is 15.2. The molecule has 1 aromatic heterocycles. The molecule has 5 rings (SSSR count).